The van der Waals surface area contributed by atoms with E-state index in [0.29, 0.717) is 23.6 Å². The first kappa shape index (κ1) is 20.7. The molecule has 2 aromatic rings. The van der Waals surface area contributed by atoms with E-state index in [2.05, 4.69) is 5.32 Å². The van der Waals surface area contributed by atoms with Gasteiger partial charge in [0.1, 0.15) is 17.4 Å². The molecule has 0 saturated carbocycles. The van der Waals surface area contributed by atoms with Gasteiger partial charge in [0.15, 0.2) is 6.61 Å². The van der Waals surface area contributed by atoms with Gasteiger partial charge in [-0.05, 0) is 67.8 Å². The van der Waals surface area contributed by atoms with Crippen LogP contribution >= 0.6 is 0 Å². The molecule has 0 unspecified atom stereocenters. The highest BCUT2D eigenvalue weighted by atomic mass is 16.5. The van der Waals surface area contributed by atoms with Gasteiger partial charge in [0, 0.05) is 5.69 Å². The van der Waals surface area contributed by atoms with E-state index in [-0.39, 0.29) is 5.57 Å². The van der Waals surface area contributed by atoms with E-state index in [1.807, 2.05) is 32.9 Å². The molecule has 1 amide bonds. The number of carbonyl (C=O) groups excluding carboxylic acids is 2. The summed E-state index contributed by atoms with van der Waals surface area (Å²) in [5.74, 6) is -0.634. The minimum Gasteiger partial charge on any atom is -0.494 e. The quantitative estimate of drug-likeness (QED) is 0.450. The van der Waals surface area contributed by atoms with Crippen LogP contribution in [-0.2, 0) is 14.3 Å². The van der Waals surface area contributed by atoms with Crippen molar-refractivity contribution >= 4 is 23.6 Å². The zero-order chi connectivity index (χ0) is 20.5. The monoisotopic (exact) mass is 378 g/mol. The van der Waals surface area contributed by atoms with Gasteiger partial charge in [0.05, 0.1) is 6.61 Å². The standard InChI is InChI=1S/C22H22N2O4/c1-4-27-20-9-6-17(7-10-20)12-18(13-23)22(26)28-14-21(25)24-19-8-5-15(2)16(3)11-19/h5-12H,4,14H2,1-3H3,(H,24,25)/b18-12+. The van der Waals surface area contributed by atoms with Crippen LogP contribution in [0.2, 0.25) is 0 Å². The summed E-state index contributed by atoms with van der Waals surface area (Å²) in [6, 6.07) is 14.2. The van der Waals surface area contributed by atoms with Crippen molar-refractivity contribution in [2.45, 2.75) is 20.8 Å². The molecule has 0 aromatic heterocycles. The Hall–Kier alpha value is -3.59. The number of nitrogens with one attached hydrogen (secondary N) is 1. The van der Waals surface area contributed by atoms with E-state index in [0.717, 1.165) is 11.1 Å². The molecule has 0 bridgehead atoms. The number of esters is 1. The molecule has 144 valence electrons. The number of nitriles is 1. The van der Waals surface area contributed by atoms with Crippen molar-refractivity contribution in [1.29, 1.82) is 5.26 Å². The van der Waals surface area contributed by atoms with Crippen molar-refractivity contribution in [1.82, 2.24) is 0 Å². The largest absolute Gasteiger partial charge is 0.494 e. The minimum absolute atomic E-state index is 0.192. The smallest absolute Gasteiger partial charge is 0.349 e. The summed E-state index contributed by atoms with van der Waals surface area (Å²) in [7, 11) is 0. The van der Waals surface area contributed by atoms with Crippen LogP contribution in [0.3, 0.4) is 0 Å². The molecule has 0 saturated heterocycles. The van der Waals surface area contributed by atoms with Gasteiger partial charge in [-0.3, -0.25) is 4.79 Å². The predicted molar refractivity (Wildman–Crippen MR) is 107 cm³/mol. The van der Waals surface area contributed by atoms with Crippen LogP contribution in [0.1, 0.15) is 23.6 Å². The van der Waals surface area contributed by atoms with Gasteiger partial charge >= 0.3 is 5.97 Å². The summed E-state index contributed by atoms with van der Waals surface area (Å²) in [5.41, 5.74) is 3.23. The molecule has 0 aliphatic rings. The second-order valence-electron chi connectivity index (χ2n) is 6.10. The van der Waals surface area contributed by atoms with Crippen molar-refractivity contribution in [3.8, 4) is 11.8 Å². The third kappa shape index (κ3) is 5.99. The SMILES string of the molecule is CCOc1ccc(/C=C(\C#N)C(=O)OCC(=O)Nc2ccc(C)c(C)c2)cc1. The maximum atomic E-state index is 12.1. The maximum Gasteiger partial charge on any atom is 0.349 e. The Balaban J connectivity index is 1.94. The first-order valence-electron chi connectivity index (χ1n) is 8.81. The Morgan fingerprint density at radius 3 is 2.43 bits per heavy atom. The van der Waals surface area contributed by atoms with Crippen LogP contribution in [-0.4, -0.2) is 25.1 Å². The van der Waals surface area contributed by atoms with Crippen LogP contribution in [0.15, 0.2) is 48.0 Å². The molecule has 6 heteroatoms. The van der Waals surface area contributed by atoms with E-state index < -0.39 is 18.5 Å². The highest BCUT2D eigenvalue weighted by molar-refractivity contribution is 6.00. The van der Waals surface area contributed by atoms with Crippen LogP contribution in [0.5, 0.6) is 5.75 Å². The third-order valence-corrected chi connectivity index (χ3v) is 3.97. The number of aryl methyl sites for hydroxylation is 2. The first-order valence-corrected chi connectivity index (χ1v) is 8.81. The highest BCUT2D eigenvalue weighted by Gasteiger charge is 2.13. The van der Waals surface area contributed by atoms with Gasteiger partial charge in [-0.15, -0.1) is 0 Å². The molecule has 0 fully saturated rings. The molecule has 28 heavy (non-hydrogen) atoms. The molecular formula is C22H22N2O4. The number of hydrogen-bond acceptors (Lipinski definition) is 5. The molecule has 2 aromatic carbocycles. The average Bonchev–Trinajstić information content (AvgIpc) is 2.68. The van der Waals surface area contributed by atoms with E-state index >= 15 is 0 Å². The van der Waals surface area contributed by atoms with Crippen molar-refractivity contribution < 1.29 is 19.1 Å². The second-order valence-corrected chi connectivity index (χ2v) is 6.10. The van der Waals surface area contributed by atoms with Crippen LogP contribution in [0.4, 0.5) is 5.69 Å². The van der Waals surface area contributed by atoms with E-state index in [4.69, 9.17) is 9.47 Å². The lowest BCUT2D eigenvalue weighted by Crippen LogP contribution is -2.21. The fourth-order valence-corrected chi connectivity index (χ4v) is 2.36. The fraction of sp³-hybridized carbons (Fsp3) is 0.227. The Kier molecular flexibility index (Phi) is 7.35. The van der Waals surface area contributed by atoms with E-state index in [1.54, 1.807) is 36.4 Å². The Morgan fingerprint density at radius 2 is 1.82 bits per heavy atom. The number of amides is 1. The molecule has 6 nitrogen and oxygen atoms in total. The number of carbonyl (C=O) groups is 2. The normalized spacial score (nSPS) is 10.7. The van der Waals surface area contributed by atoms with Crippen molar-refractivity contribution in [3.05, 3.63) is 64.7 Å². The summed E-state index contributed by atoms with van der Waals surface area (Å²) in [6.45, 7) is 5.87. The molecule has 0 heterocycles. The van der Waals surface area contributed by atoms with E-state index in [9.17, 15) is 14.9 Å². The Morgan fingerprint density at radius 1 is 1.11 bits per heavy atom. The molecule has 0 radical (unpaired) electrons. The lowest BCUT2D eigenvalue weighted by atomic mass is 10.1. The summed E-state index contributed by atoms with van der Waals surface area (Å²) in [6.07, 6.45) is 1.40. The summed E-state index contributed by atoms with van der Waals surface area (Å²) in [4.78, 5) is 24.1. The number of nitrogens with zero attached hydrogens (tertiary/aromatic N) is 1. The molecule has 1 N–H and O–H groups in total. The topological polar surface area (TPSA) is 88.4 Å². The van der Waals surface area contributed by atoms with Gasteiger partial charge in [0.25, 0.3) is 5.91 Å². The second kappa shape index (κ2) is 9.93. The third-order valence-electron chi connectivity index (χ3n) is 3.97. The summed E-state index contributed by atoms with van der Waals surface area (Å²) in [5, 5.41) is 11.9. The van der Waals surface area contributed by atoms with Gasteiger partial charge in [-0.25, -0.2) is 4.79 Å². The Bertz CT molecular complexity index is 925. The van der Waals surface area contributed by atoms with Crippen molar-refractivity contribution in [2.24, 2.45) is 0 Å². The van der Waals surface area contributed by atoms with Crippen LogP contribution in [0.25, 0.3) is 6.08 Å². The predicted octanol–water partition coefficient (Wildman–Crippen LogP) is 3.79. The van der Waals surface area contributed by atoms with Crippen LogP contribution < -0.4 is 10.1 Å². The zero-order valence-electron chi connectivity index (χ0n) is 16.1. The van der Waals surface area contributed by atoms with E-state index in [1.165, 1.54) is 6.08 Å². The number of benzene rings is 2. The van der Waals surface area contributed by atoms with Crippen LogP contribution in [0, 0.1) is 25.2 Å². The lowest BCUT2D eigenvalue weighted by Gasteiger charge is -2.08. The molecule has 0 aliphatic heterocycles. The highest BCUT2D eigenvalue weighted by Crippen LogP contribution is 2.16. The number of ether oxygens (including phenoxy) is 2. The van der Waals surface area contributed by atoms with Gasteiger partial charge in [0.2, 0.25) is 0 Å². The molecule has 0 spiro atoms. The first-order chi connectivity index (χ1) is 13.4. The molecule has 0 aliphatic carbocycles. The number of anilines is 1. The van der Waals surface area contributed by atoms with Gasteiger partial charge in [-0.1, -0.05) is 18.2 Å². The number of rotatable bonds is 7. The summed E-state index contributed by atoms with van der Waals surface area (Å²) >= 11 is 0. The number of hydrogen-bond donors (Lipinski definition) is 1. The van der Waals surface area contributed by atoms with Crippen molar-refractivity contribution in [3.63, 3.8) is 0 Å². The Labute approximate surface area is 164 Å². The van der Waals surface area contributed by atoms with Gasteiger partial charge < -0.3 is 14.8 Å². The van der Waals surface area contributed by atoms with Gasteiger partial charge in [-0.2, -0.15) is 5.26 Å². The maximum absolute atomic E-state index is 12.1. The summed E-state index contributed by atoms with van der Waals surface area (Å²) < 4.78 is 10.3. The average molecular weight is 378 g/mol. The zero-order valence-corrected chi connectivity index (χ0v) is 16.1. The molecular weight excluding hydrogens is 356 g/mol. The molecule has 0 atom stereocenters. The minimum atomic E-state index is -0.855. The molecule has 2 rings (SSSR count). The van der Waals surface area contributed by atoms with Crippen molar-refractivity contribution in [2.75, 3.05) is 18.5 Å². The lowest BCUT2D eigenvalue weighted by molar-refractivity contribution is -0.142. The fourth-order valence-electron chi connectivity index (χ4n) is 2.36.